The van der Waals surface area contributed by atoms with Crippen LogP contribution in [0.25, 0.3) is 0 Å². The molecule has 1 fully saturated rings. The fourth-order valence-electron chi connectivity index (χ4n) is 2.25. The van der Waals surface area contributed by atoms with E-state index < -0.39 is 0 Å². The molecule has 1 aliphatic carbocycles. The zero-order chi connectivity index (χ0) is 13.8. The van der Waals surface area contributed by atoms with Gasteiger partial charge in [-0.15, -0.1) is 0 Å². The van der Waals surface area contributed by atoms with E-state index >= 15 is 0 Å². The number of nitrogens with one attached hydrogen (secondary N) is 1. The van der Waals surface area contributed by atoms with Crippen LogP contribution in [0, 0.1) is 13.8 Å². The summed E-state index contributed by atoms with van der Waals surface area (Å²) < 4.78 is 5.97. The number of hydrogen-bond donors (Lipinski definition) is 1. The van der Waals surface area contributed by atoms with Gasteiger partial charge in [0.05, 0.1) is 6.10 Å². The third-order valence-electron chi connectivity index (χ3n) is 3.55. The van der Waals surface area contributed by atoms with E-state index in [0.717, 1.165) is 40.9 Å². The Morgan fingerprint density at radius 2 is 1.95 bits per heavy atom. The molecule has 3 heteroatoms. The molecule has 0 radical (unpaired) electrons. The Kier molecular flexibility index (Phi) is 5.12. The third kappa shape index (κ3) is 4.70. The first-order valence-corrected chi connectivity index (χ1v) is 7.61. The average Bonchev–Trinajstić information content (AvgIpc) is 3.15. The van der Waals surface area contributed by atoms with Gasteiger partial charge in [0.25, 0.3) is 0 Å². The Balaban J connectivity index is 1.75. The van der Waals surface area contributed by atoms with Crippen LogP contribution < -0.4 is 10.1 Å². The molecule has 0 saturated heterocycles. The monoisotopic (exact) mass is 281 g/mol. The molecule has 0 bridgehead atoms. The highest BCUT2D eigenvalue weighted by molar-refractivity contribution is 6.32. The summed E-state index contributed by atoms with van der Waals surface area (Å²) in [5, 5.41) is 4.37. The normalized spacial score (nSPS) is 16.4. The minimum absolute atomic E-state index is 0.251. The van der Waals surface area contributed by atoms with Crippen molar-refractivity contribution in [3.63, 3.8) is 0 Å². The lowest BCUT2D eigenvalue weighted by molar-refractivity contribution is 0.207. The predicted octanol–water partition coefficient (Wildman–Crippen LogP) is 4.26. The van der Waals surface area contributed by atoms with Crippen molar-refractivity contribution in [1.29, 1.82) is 0 Å². The fraction of sp³-hybridized carbons (Fsp3) is 0.625. The quantitative estimate of drug-likeness (QED) is 0.754. The maximum Gasteiger partial charge on any atom is 0.120 e. The molecule has 1 aliphatic rings. The lowest BCUT2D eigenvalue weighted by atomic mass is 10.1. The number of rotatable bonds is 7. The fourth-order valence-corrected chi connectivity index (χ4v) is 2.36. The summed E-state index contributed by atoms with van der Waals surface area (Å²) in [6.45, 7) is 7.28. The molecule has 1 unspecified atom stereocenters. The van der Waals surface area contributed by atoms with Gasteiger partial charge in [-0.3, -0.25) is 0 Å². The molecule has 2 nitrogen and oxygen atoms in total. The zero-order valence-electron chi connectivity index (χ0n) is 12.1. The van der Waals surface area contributed by atoms with E-state index in [0.29, 0.717) is 0 Å². The second-order valence-corrected chi connectivity index (χ2v) is 6.05. The van der Waals surface area contributed by atoms with Gasteiger partial charge in [0, 0.05) is 11.1 Å². The van der Waals surface area contributed by atoms with Gasteiger partial charge in [-0.1, -0.05) is 11.6 Å². The summed E-state index contributed by atoms with van der Waals surface area (Å²) in [5.74, 6) is 0.932. The molecule has 0 aliphatic heterocycles. The van der Waals surface area contributed by atoms with Crippen LogP contribution in [0.5, 0.6) is 5.75 Å². The topological polar surface area (TPSA) is 21.3 Å². The van der Waals surface area contributed by atoms with Gasteiger partial charge in [0.2, 0.25) is 0 Å². The highest BCUT2D eigenvalue weighted by Crippen LogP contribution is 2.26. The smallest absolute Gasteiger partial charge is 0.120 e. The van der Waals surface area contributed by atoms with Crippen molar-refractivity contribution < 1.29 is 4.74 Å². The first-order valence-electron chi connectivity index (χ1n) is 7.23. The standard InChI is InChI=1S/C16H24ClNO/c1-11-9-15(10-12(2)16(11)17)19-13(3)5-4-8-18-14-6-7-14/h9-10,13-14,18H,4-8H2,1-3H3. The van der Waals surface area contributed by atoms with E-state index in [2.05, 4.69) is 12.2 Å². The molecule has 19 heavy (non-hydrogen) atoms. The first-order chi connectivity index (χ1) is 9.06. The van der Waals surface area contributed by atoms with Crippen LogP contribution in [0.15, 0.2) is 12.1 Å². The van der Waals surface area contributed by atoms with E-state index in [4.69, 9.17) is 16.3 Å². The molecule has 1 aromatic rings. The summed E-state index contributed by atoms with van der Waals surface area (Å²) >= 11 is 6.16. The van der Waals surface area contributed by atoms with Gasteiger partial charge < -0.3 is 10.1 Å². The van der Waals surface area contributed by atoms with Crippen molar-refractivity contribution >= 4 is 11.6 Å². The third-order valence-corrected chi connectivity index (χ3v) is 4.14. The van der Waals surface area contributed by atoms with E-state index in [1.165, 1.54) is 19.3 Å². The SMILES string of the molecule is Cc1cc(OC(C)CCCNC2CC2)cc(C)c1Cl. The summed E-state index contributed by atoms with van der Waals surface area (Å²) in [7, 11) is 0. The summed E-state index contributed by atoms with van der Waals surface area (Å²) in [6.07, 6.45) is 5.22. The molecule has 1 aromatic carbocycles. The molecule has 0 spiro atoms. The van der Waals surface area contributed by atoms with Crippen molar-refractivity contribution in [3.05, 3.63) is 28.3 Å². The Morgan fingerprint density at radius 3 is 2.53 bits per heavy atom. The van der Waals surface area contributed by atoms with Gasteiger partial charge in [-0.05, 0) is 76.3 Å². The summed E-state index contributed by atoms with van der Waals surface area (Å²) in [4.78, 5) is 0. The van der Waals surface area contributed by atoms with Crippen molar-refractivity contribution in [3.8, 4) is 5.75 Å². The lowest BCUT2D eigenvalue weighted by Crippen LogP contribution is -2.20. The number of ether oxygens (including phenoxy) is 1. The Morgan fingerprint density at radius 1 is 1.32 bits per heavy atom. The Hall–Kier alpha value is -0.730. The molecule has 0 heterocycles. The van der Waals surface area contributed by atoms with E-state index in [9.17, 15) is 0 Å². The van der Waals surface area contributed by atoms with Crippen molar-refractivity contribution in [2.45, 2.75) is 58.6 Å². The largest absolute Gasteiger partial charge is 0.491 e. The molecule has 106 valence electrons. The summed E-state index contributed by atoms with van der Waals surface area (Å²) in [6, 6.07) is 4.85. The summed E-state index contributed by atoms with van der Waals surface area (Å²) in [5.41, 5.74) is 2.17. The lowest BCUT2D eigenvalue weighted by Gasteiger charge is -2.16. The zero-order valence-corrected chi connectivity index (χ0v) is 12.9. The molecule has 0 amide bonds. The second-order valence-electron chi connectivity index (χ2n) is 5.67. The minimum atomic E-state index is 0.251. The van der Waals surface area contributed by atoms with Crippen LogP contribution in [0.4, 0.5) is 0 Å². The Labute approximate surface area is 121 Å². The number of hydrogen-bond acceptors (Lipinski definition) is 2. The van der Waals surface area contributed by atoms with Crippen LogP contribution in [-0.4, -0.2) is 18.7 Å². The maximum absolute atomic E-state index is 6.16. The van der Waals surface area contributed by atoms with E-state index in [1.54, 1.807) is 0 Å². The van der Waals surface area contributed by atoms with Gasteiger partial charge in [0.15, 0.2) is 0 Å². The molecular formula is C16H24ClNO. The van der Waals surface area contributed by atoms with E-state index in [-0.39, 0.29) is 6.10 Å². The van der Waals surface area contributed by atoms with Gasteiger partial charge >= 0.3 is 0 Å². The number of halogens is 1. The molecule has 1 saturated carbocycles. The minimum Gasteiger partial charge on any atom is -0.491 e. The first kappa shape index (κ1) is 14.7. The van der Waals surface area contributed by atoms with Crippen molar-refractivity contribution in [2.24, 2.45) is 0 Å². The molecule has 1 N–H and O–H groups in total. The van der Waals surface area contributed by atoms with E-state index in [1.807, 2.05) is 26.0 Å². The van der Waals surface area contributed by atoms with Crippen LogP contribution in [0.3, 0.4) is 0 Å². The molecule has 0 aromatic heterocycles. The van der Waals surface area contributed by atoms with Crippen LogP contribution >= 0.6 is 11.6 Å². The number of aryl methyl sites for hydroxylation is 2. The average molecular weight is 282 g/mol. The Bertz CT molecular complexity index is 406. The van der Waals surface area contributed by atoms with Gasteiger partial charge in [-0.2, -0.15) is 0 Å². The second kappa shape index (κ2) is 6.62. The molecular weight excluding hydrogens is 258 g/mol. The maximum atomic E-state index is 6.16. The highest BCUT2D eigenvalue weighted by atomic mass is 35.5. The van der Waals surface area contributed by atoms with Gasteiger partial charge in [-0.25, -0.2) is 0 Å². The predicted molar refractivity (Wildman–Crippen MR) is 81.3 cm³/mol. The van der Waals surface area contributed by atoms with Crippen LogP contribution in [0.2, 0.25) is 5.02 Å². The van der Waals surface area contributed by atoms with Crippen molar-refractivity contribution in [1.82, 2.24) is 5.32 Å². The number of benzene rings is 1. The molecule has 2 rings (SSSR count). The van der Waals surface area contributed by atoms with Crippen LogP contribution in [0.1, 0.15) is 43.7 Å². The molecule has 1 atom stereocenters. The van der Waals surface area contributed by atoms with Gasteiger partial charge in [0.1, 0.15) is 5.75 Å². The highest BCUT2D eigenvalue weighted by Gasteiger charge is 2.19. The van der Waals surface area contributed by atoms with Crippen LogP contribution in [-0.2, 0) is 0 Å². The van der Waals surface area contributed by atoms with Crippen molar-refractivity contribution in [2.75, 3.05) is 6.54 Å².